The molecule has 2 rings (SSSR count). The Morgan fingerprint density at radius 2 is 1.96 bits per heavy atom. The number of nitrogens with one attached hydrogen (secondary N) is 1. The molecular weight excluding hydrogens is 390 g/mol. The quantitative estimate of drug-likeness (QED) is 0.632. The van der Waals surface area contributed by atoms with Gasteiger partial charge in [0.1, 0.15) is 5.75 Å². The number of halogens is 2. The van der Waals surface area contributed by atoms with Gasteiger partial charge >= 0.3 is 0 Å². The van der Waals surface area contributed by atoms with E-state index in [1.807, 2.05) is 24.3 Å². The Labute approximate surface area is 156 Å². The number of hydrogen-bond acceptors (Lipinski definition) is 2. The van der Waals surface area contributed by atoms with Crippen LogP contribution in [0.2, 0.25) is 5.02 Å². The molecule has 0 aliphatic rings. The van der Waals surface area contributed by atoms with E-state index in [9.17, 15) is 4.79 Å². The van der Waals surface area contributed by atoms with Gasteiger partial charge in [0.15, 0.2) is 6.10 Å². The maximum Gasteiger partial charge on any atom is 0.265 e. The molecule has 2 aromatic carbocycles. The summed E-state index contributed by atoms with van der Waals surface area (Å²) >= 11 is 9.31. The number of amides is 1. The van der Waals surface area contributed by atoms with Crippen LogP contribution >= 0.6 is 27.5 Å². The van der Waals surface area contributed by atoms with Crippen LogP contribution in [-0.2, 0) is 4.79 Å². The molecule has 0 saturated carbocycles. The van der Waals surface area contributed by atoms with E-state index in [1.54, 1.807) is 25.1 Å². The normalized spacial score (nSPS) is 13.2. The standard InChI is InChI=1S/C19H21BrClNO2/c1-4-12(2)15-7-5-6-8-17(15)22-19(23)13(3)24-18-10-9-14(21)11-16(18)20/h5-13H,4H2,1-3H3,(H,22,23)/t12-,13-/m1/s1. The fourth-order valence-corrected chi connectivity index (χ4v) is 3.09. The number of benzene rings is 2. The molecule has 5 heteroatoms. The van der Waals surface area contributed by atoms with Gasteiger partial charge in [-0.1, -0.05) is 43.6 Å². The summed E-state index contributed by atoms with van der Waals surface area (Å²) in [5, 5.41) is 3.58. The summed E-state index contributed by atoms with van der Waals surface area (Å²) in [6.07, 6.45) is 0.379. The minimum absolute atomic E-state index is 0.187. The predicted molar refractivity (Wildman–Crippen MR) is 103 cm³/mol. The van der Waals surface area contributed by atoms with E-state index in [4.69, 9.17) is 16.3 Å². The summed E-state index contributed by atoms with van der Waals surface area (Å²) in [6.45, 7) is 6.01. The number of anilines is 1. The first-order valence-corrected chi connectivity index (χ1v) is 9.11. The zero-order valence-corrected chi connectivity index (χ0v) is 16.3. The molecule has 1 N–H and O–H groups in total. The van der Waals surface area contributed by atoms with Crippen LogP contribution in [0, 0.1) is 0 Å². The molecule has 0 aliphatic carbocycles. The van der Waals surface area contributed by atoms with Crippen molar-refractivity contribution in [2.45, 2.75) is 39.2 Å². The van der Waals surface area contributed by atoms with Crippen molar-refractivity contribution in [1.82, 2.24) is 0 Å². The van der Waals surface area contributed by atoms with Crippen molar-refractivity contribution < 1.29 is 9.53 Å². The third-order valence-electron chi connectivity index (χ3n) is 3.93. The van der Waals surface area contributed by atoms with E-state index in [0.717, 1.165) is 22.1 Å². The highest BCUT2D eigenvalue weighted by Gasteiger charge is 2.18. The van der Waals surface area contributed by atoms with E-state index in [0.29, 0.717) is 16.7 Å². The molecule has 1 amide bonds. The number of rotatable bonds is 6. The Hall–Kier alpha value is -1.52. The lowest BCUT2D eigenvalue weighted by Gasteiger charge is -2.19. The van der Waals surface area contributed by atoms with Gasteiger partial charge in [-0.05, 0) is 65.0 Å². The van der Waals surface area contributed by atoms with Crippen LogP contribution in [0.3, 0.4) is 0 Å². The topological polar surface area (TPSA) is 38.3 Å². The molecule has 2 aromatic rings. The van der Waals surface area contributed by atoms with Gasteiger partial charge < -0.3 is 10.1 Å². The average Bonchev–Trinajstić information content (AvgIpc) is 2.57. The van der Waals surface area contributed by atoms with Crippen LogP contribution in [0.5, 0.6) is 5.75 Å². The van der Waals surface area contributed by atoms with Crippen molar-refractivity contribution in [3.8, 4) is 5.75 Å². The minimum Gasteiger partial charge on any atom is -0.480 e. The number of para-hydroxylation sites is 1. The second-order valence-electron chi connectivity index (χ2n) is 5.72. The maximum atomic E-state index is 12.5. The number of ether oxygens (including phenoxy) is 1. The lowest BCUT2D eigenvalue weighted by atomic mass is 9.97. The lowest BCUT2D eigenvalue weighted by Crippen LogP contribution is -2.30. The van der Waals surface area contributed by atoms with Gasteiger partial charge in [0, 0.05) is 10.7 Å². The molecular formula is C19H21BrClNO2. The third kappa shape index (κ3) is 4.74. The van der Waals surface area contributed by atoms with Crippen LogP contribution in [0.1, 0.15) is 38.7 Å². The Morgan fingerprint density at radius 3 is 2.62 bits per heavy atom. The number of hydrogen-bond donors (Lipinski definition) is 1. The highest BCUT2D eigenvalue weighted by molar-refractivity contribution is 9.10. The molecule has 0 aromatic heterocycles. The third-order valence-corrected chi connectivity index (χ3v) is 4.78. The Bertz CT molecular complexity index is 720. The predicted octanol–water partition coefficient (Wildman–Crippen LogP) is 6.02. The van der Waals surface area contributed by atoms with Crippen LogP contribution in [-0.4, -0.2) is 12.0 Å². The molecule has 0 bridgehead atoms. The maximum absolute atomic E-state index is 12.5. The second kappa shape index (κ2) is 8.54. The summed E-state index contributed by atoms with van der Waals surface area (Å²) in [4.78, 5) is 12.5. The Morgan fingerprint density at radius 1 is 1.25 bits per heavy atom. The minimum atomic E-state index is -0.632. The molecule has 0 fully saturated rings. The van der Waals surface area contributed by atoms with Crippen molar-refractivity contribution in [2.75, 3.05) is 5.32 Å². The lowest BCUT2D eigenvalue weighted by molar-refractivity contribution is -0.122. The van der Waals surface area contributed by atoms with Gasteiger partial charge in [0.2, 0.25) is 0 Å². The van der Waals surface area contributed by atoms with Gasteiger partial charge in [0.25, 0.3) is 5.91 Å². The summed E-state index contributed by atoms with van der Waals surface area (Å²) in [7, 11) is 0. The van der Waals surface area contributed by atoms with E-state index >= 15 is 0 Å². The number of carbonyl (C=O) groups excluding carboxylic acids is 1. The molecule has 0 radical (unpaired) electrons. The van der Waals surface area contributed by atoms with Crippen LogP contribution in [0.25, 0.3) is 0 Å². The van der Waals surface area contributed by atoms with Gasteiger partial charge in [0.05, 0.1) is 4.47 Å². The smallest absolute Gasteiger partial charge is 0.265 e. The molecule has 24 heavy (non-hydrogen) atoms. The molecule has 0 heterocycles. The first-order chi connectivity index (χ1) is 11.4. The zero-order chi connectivity index (χ0) is 17.7. The zero-order valence-electron chi connectivity index (χ0n) is 14.0. The molecule has 0 aliphatic heterocycles. The van der Waals surface area contributed by atoms with E-state index in [1.165, 1.54) is 0 Å². The van der Waals surface area contributed by atoms with Gasteiger partial charge in [-0.3, -0.25) is 4.79 Å². The van der Waals surface area contributed by atoms with E-state index in [2.05, 4.69) is 35.1 Å². The highest BCUT2D eigenvalue weighted by Crippen LogP contribution is 2.30. The molecule has 3 nitrogen and oxygen atoms in total. The van der Waals surface area contributed by atoms with Crippen molar-refractivity contribution in [1.29, 1.82) is 0 Å². The molecule has 2 atom stereocenters. The summed E-state index contributed by atoms with van der Waals surface area (Å²) < 4.78 is 6.46. The van der Waals surface area contributed by atoms with Gasteiger partial charge in [-0.25, -0.2) is 0 Å². The van der Waals surface area contributed by atoms with Crippen molar-refractivity contribution in [2.24, 2.45) is 0 Å². The highest BCUT2D eigenvalue weighted by atomic mass is 79.9. The largest absolute Gasteiger partial charge is 0.480 e. The average molecular weight is 411 g/mol. The first-order valence-electron chi connectivity index (χ1n) is 7.93. The van der Waals surface area contributed by atoms with E-state index < -0.39 is 6.10 Å². The molecule has 0 saturated heterocycles. The second-order valence-corrected chi connectivity index (χ2v) is 7.01. The fourth-order valence-electron chi connectivity index (χ4n) is 2.31. The Balaban J connectivity index is 2.09. The summed E-state index contributed by atoms with van der Waals surface area (Å²) in [5.41, 5.74) is 1.97. The van der Waals surface area contributed by atoms with Gasteiger partial charge in [-0.15, -0.1) is 0 Å². The van der Waals surface area contributed by atoms with Crippen molar-refractivity contribution >= 4 is 39.1 Å². The van der Waals surface area contributed by atoms with Crippen LogP contribution in [0.15, 0.2) is 46.9 Å². The summed E-state index contributed by atoms with van der Waals surface area (Å²) in [5.74, 6) is 0.771. The molecule has 0 spiro atoms. The van der Waals surface area contributed by atoms with Crippen molar-refractivity contribution in [3.05, 3.63) is 57.5 Å². The van der Waals surface area contributed by atoms with Crippen molar-refractivity contribution in [3.63, 3.8) is 0 Å². The molecule has 0 unspecified atom stereocenters. The monoisotopic (exact) mass is 409 g/mol. The first kappa shape index (κ1) is 18.8. The Kier molecular flexibility index (Phi) is 6.69. The SMILES string of the molecule is CC[C@@H](C)c1ccccc1NC(=O)[C@@H](C)Oc1ccc(Cl)cc1Br. The fraction of sp³-hybridized carbons (Fsp3) is 0.316. The number of carbonyl (C=O) groups is 1. The van der Waals surface area contributed by atoms with Crippen LogP contribution in [0.4, 0.5) is 5.69 Å². The van der Waals surface area contributed by atoms with E-state index in [-0.39, 0.29) is 5.91 Å². The van der Waals surface area contributed by atoms with Gasteiger partial charge in [-0.2, -0.15) is 0 Å². The van der Waals surface area contributed by atoms with Crippen LogP contribution < -0.4 is 10.1 Å². The molecule has 128 valence electrons. The summed E-state index contributed by atoms with van der Waals surface area (Å²) in [6, 6.07) is 13.1.